The van der Waals surface area contributed by atoms with Crippen molar-refractivity contribution < 1.29 is 18.0 Å². The van der Waals surface area contributed by atoms with Crippen molar-refractivity contribution >= 4 is 22.9 Å². The van der Waals surface area contributed by atoms with Crippen molar-refractivity contribution in [3.8, 4) is 11.1 Å². The highest BCUT2D eigenvalue weighted by Crippen LogP contribution is 2.32. The molecule has 2 heterocycles. The second kappa shape index (κ2) is 9.64. The number of aromatic nitrogens is 1. The summed E-state index contributed by atoms with van der Waals surface area (Å²) in [5.74, 6) is -0.304. The standard InChI is InChI=1S/C27H22F3N3OS/c28-27(29,30)21-8-5-18(6-9-21)23-3-1-2-4-24(23)26(34)32-22-10-7-20-16-33(13-11-19(20)15-22)17-25-31-12-14-35-25/h1-10,12,14-15H,11,13,16-17H2,(H,32,34). The van der Waals surface area contributed by atoms with Crippen LogP contribution in [-0.2, 0) is 25.7 Å². The van der Waals surface area contributed by atoms with Crippen LogP contribution in [0.25, 0.3) is 11.1 Å². The molecule has 1 aromatic heterocycles. The first-order valence-electron chi connectivity index (χ1n) is 11.2. The van der Waals surface area contributed by atoms with Crippen LogP contribution in [0, 0.1) is 0 Å². The van der Waals surface area contributed by atoms with E-state index in [1.807, 2.05) is 29.8 Å². The van der Waals surface area contributed by atoms with Crippen LogP contribution in [0.4, 0.5) is 18.9 Å². The number of hydrogen-bond donors (Lipinski definition) is 1. The lowest BCUT2D eigenvalue weighted by molar-refractivity contribution is -0.137. The van der Waals surface area contributed by atoms with Crippen molar-refractivity contribution in [2.45, 2.75) is 25.7 Å². The smallest absolute Gasteiger partial charge is 0.322 e. The number of thiazole rings is 1. The molecule has 0 aliphatic carbocycles. The van der Waals surface area contributed by atoms with E-state index in [2.05, 4.69) is 15.2 Å². The van der Waals surface area contributed by atoms with Gasteiger partial charge in [-0.05, 0) is 59.0 Å². The van der Waals surface area contributed by atoms with Crippen LogP contribution in [0.15, 0.2) is 78.3 Å². The largest absolute Gasteiger partial charge is 0.416 e. The molecule has 0 saturated heterocycles. The Kier molecular flexibility index (Phi) is 6.40. The Morgan fingerprint density at radius 2 is 1.83 bits per heavy atom. The van der Waals surface area contributed by atoms with Gasteiger partial charge in [-0.25, -0.2) is 4.98 Å². The molecule has 0 bridgehead atoms. The van der Waals surface area contributed by atoms with E-state index in [0.29, 0.717) is 22.4 Å². The normalized spacial score (nSPS) is 13.9. The minimum atomic E-state index is -4.40. The fourth-order valence-electron chi connectivity index (χ4n) is 4.32. The summed E-state index contributed by atoms with van der Waals surface area (Å²) in [6.07, 6.45) is -1.70. The van der Waals surface area contributed by atoms with E-state index in [0.717, 1.165) is 43.2 Å². The third kappa shape index (κ3) is 5.28. The lowest BCUT2D eigenvalue weighted by atomic mass is 9.97. The van der Waals surface area contributed by atoms with Crippen LogP contribution in [0.2, 0.25) is 0 Å². The summed E-state index contributed by atoms with van der Waals surface area (Å²) in [6.45, 7) is 2.58. The van der Waals surface area contributed by atoms with Crippen molar-refractivity contribution in [3.63, 3.8) is 0 Å². The van der Waals surface area contributed by atoms with Crippen molar-refractivity contribution in [1.82, 2.24) is 9.88 Å². The number of carbonyl (C=O) groups excluding carboxylic acids is 1. The van der Waals surface area contributed by atoms with Gasteiger partial charge in [-0.15, -0.1) is 11.3 Å². The summed E-state index contributed by atoms with van der Waals surface area (Å²) < 4.78 is 38.8. The van der Waals surface area contributed by atoms with Crippen molar-refractivity contribution in [3.05, 3.63) is 106 Å². The molecule has 0 unspecified atom stereocenters. The van der Waals surface area contributed by atoms with E-state index in [4.69, 9.17) is 0 Å². The summed E-state index contributed by atoms with van der Waals surface area (Å²) in [5, 5.41) is 6.05. The Balaban J connectivity index is 1.31. The fraction of sp³-hybridized carbons (Fsp3) is 0.185. The Morgan fingerprint density at radius 1 is 1.03 bits per heavy atom. The summed E-state index contributed by atoms with van der Waals surface area (Å²) in [6, 6.07) is 17.7. The monoisotopic (exact) mass is 493 g/mol. The lowest BCUT2D eigenvalue weighted by Gasteiger charge is -2.28. The number of carbonyl (C=O) groups is 1. The summed E-state index contributed by atoms with van der Waals surface area (Å²) >= 11 is 1.66. The Morgan fingerprint density at radius 3 is 2.57 bits per heavy atom. The van der Waals surface area contributed by atoms with E-state index in [-0.39, 0.29) is 5.91 Å². The van der Waals surface area contributed by atoms with Crippen LogP contribution in [-0.4, -0.2) is 22.3 Å². The van der Waals surface area contributed by atoms with E-state index >= 15 is 0 Å². The van der Waals surface area contributed by atoms with Gasteiger partial charge < -0.3 is 5.32 Å². The van der Waals surface area contributed by atoms with Crippen molar-refractivity contribution in [1.29, 1.82) is 0 Å². The lowest BCUT2D eigenvalue weighted by Crippen LogP contribution is -2.30. The molecule has 4 aromatic rings. The van der Waals surface area contributed by atoms with Crippen molar-refractivity contribution in [2.75, 3.05) is 11.9 Å². The van der Waals surface area contributed by atoms with Gasteiger partial charge >= 0.3 is 6.18 Å². The van der Waals surface area contributed by atoms with Crippen LogP contribution in [0.5, 0.6) is 0 Å². The van der Waals surface area contributed by atoms with E-state index < -0.39 is 11.7 Å². The number of fused-ring (bicyclic) bond motifs is 1. The zero-order chi connectivity index (χ0) is 24.4. The minimum Gasteiger partial charge on any atom is -0.322 e. The number of rotatable bonds is 5. The predicted octanol–water partition coefficient (Wildman–Crippen LogP) is 6.64. The van der Waals surface area contributed by atoms with Gasteiger partial charge in [0.1, 0.15) is 5.01 Å². The van der Waals surface area contributed by atoms with Gasteiger partial charge in [0, 0.05) is 35.9 Å². The Hall–Kier alpha value is -3.49. The quantitative estimate of drug-likeness (QED) is 0.339. The summed E-state index contributed by atoms with van der Waals surface area (Å²) in [7, 11) is 0. The van der Waals surface area contributed by atoms with Crippen molar-refractivity contribution in [2.24, 2.45) is 0 Å². The second-order valence-corrected chi connectivity index (χ2v) is 9.42. The minimum absolute atomic E-state index is 0.304. The molecule has 1 aliphatic heterocycles. The highest BCUT2D eigenvalue weighted by molar-refractivity contribution is 7.09. The third-order valence-corrected chi connectivity index (χ3v) is 6.86. The number of halogens is 3. The first-order chi connectivity index (χ1) is 16.9. The van der Waals surface area contributed by atoms with Gasteiger partial charge in [-0.2, -0.15) is 13.2 Å². The highest BCUT2D eigenvalue weighted by atomic mass is 32.1. The molecule has 5 rings (SSSR count). The molecule has 178 valence electrons. The summed E-state index contributed by atoms with van der Waals surface area (Å²) in [5.41, 5.74) is 3.95. The molecule has 1 amide bonds. The first-order valence-corrected chi connectivity index (χ1v) is 12.1. The molecule has 1 aliphatic rings. The zero-order valence-electron chi connectivity index (χ0n) is 18.7. The fourth-order valence-corrected chi connectivity index (χ4v) is 4.97. The van der Waals surface area contributed by atoms with Crippen LogP contribution >= 0.6 is 11.3 Å². The number of nitrogens with zero attached hydrogens (tertiary/aromatic N) is 2. The van der Waals surface area contributed by atoms with Crippen LogP contribution in [0.1, 0.15) is 32.1 Å². The first kappa shape index (κ1) is 23.3. The van der Waals surface area contributed by atoms with E-state index in [1.54, 1.807) is 35.6 Å². The molecule has 0 saturated carbocycles. The molecule has 0 spiro atoms. The predicted molar refractivity (Wildman–Crippen MR) is 131 cm³/mol. The van der Waals surface area contributed by atoms with Crippen LogP contribution < -0.4 is 5.32 Å². The number of nitrogens with one attached hydrogen (secondary N) is 1. The number of hydrogen-bond acceptors (Lipinski definition) is 4. The van der Waals surface area contributed by atoms with Gasteiger partial charge in [0.15, 0.2) is 0 Å². The topological polar surface area (TPSA) is 45.2 Å². The van der Waals surface area contributed by atoms with Gasteiger partial charge in [-0.3, -0.25) is 9.69 Å². The molecule has 1 N–H and O–H groups in total. The van der Waals surface area contributed by atoms with Gasteiger partial charge in [0.05, 0.1) is 12.1 Å². The maximum absolute atomic E-state index is 13.1. The van der Waals surface area contributed by atoms with Gasteiger partial charge in [0.2, 0.25) is 0 Å². The number of amides is 1. The number of benzene rings is 3. The molecule has 0 atom stereocenters. The second-order valence-electron chi connectivity index (χ2n) is 8.44. The number of alkyl halides is 3. The zero-order valence-corrected chi connectivity index (χ0v) is 19.5. The van der Waals surface area contributed by atoms with Crippen LogP contribution in [0.3, 0.4) is 0 Å². The van der Waals surface area contributed by atoms with E-state index in [9.17, 15) is 18.0 Å². The maximum Gasteiger partial charge on any atom is 0.416 e. The maximum atomic E-state index is 13.1. The molecule has 35 heavy (non-hydrogen) atoms. The van der Waals surface area contributed by atoms with Gasteiger partial charge in [0.25, 0.3) is 5.91 Å². The Labute approximate surface area is 205 Å². The molecule has 0 radical (unpaired) electrons. The third-order valence-electron chi connectivity index (χ3n) is 6.09. The molecule has 3 aromatic carbocycles. The summed E-state index contributed by atoms with van der Waals surface area (Å²) in [4.78, 5) is 19.9. The SMILES string of the molecule is O=C(Nc1ccc2c(c1)CCN(Cc1nccs1)C2)c1ccccc1-c1ccc(C(F)(F)F)cc1. The molecule has 8 heteroatoms. The molecular formula is C27H22F3N3OS. The molecule has 0 fully saturated rings. The number of anilines is 1. The van der Waals surface area contributed by atoms with Gasteiger partial charge in [-0.1, -0.05) is 36.4 Å². The average molecular weight is 494 g/mol. The Bertz CT molecular complexity index is 1330. The van der Waals surface area contributed by atoms with E-state index in [1.165, 1.54) is 23.3 Å². The molecule has 4 nitrogen and oxygen atoms in total. The highest BCUT2D eigenvalue weighted by Gasteiger charge is 2.30. The molecular weight excluding hydrogens is 471 g/mol. The average Bonchev–Trinajstić information content (AvgIpc) is 3.37.